The number of halogens is 1. The van der Waals surface area contributed by atoms with E-state index in [0.717, 1.165) is 0 Å². The number of aromatic nitrogens is 1. The topological polar surface area (TPSA) is 72.6 Å². The number of aliphatic carboxylic acids is 1. The van der Waals surface area contributed by atoms with E-state index in [1.54, 1.807) is 0 Å². The number of carbonyl (C=O) groups is 1. The van der Waals surface area contributed by atoms with E-state index < -0.39 is 5.97 Å². The van der Waals surface area contributed by atoms with Gasteiger partial charge in [0.2, 0.25) is 0 Å². The van der Waals surface area contributed by atoms with Crippen molar-refractivity contribution < 1.29 is 23.6 Å². The summed E-state index contributed by atoms with van der Waals surface area (Å²) < 4.78 is 22.9. The Balaban J connectivity index is 2.44. The summed E-state index contributed by atoms with van der Waals surface area (Å²) >= 11 is 0. The molecule has 0 fully saturated rings. The van der Waals surface area contributed by atoms with Gasteiger partial charge >= 0.3 is 5.97 Å². The SMILES string of the molecule is COCc1onc(-c2ccc(F)cc2)c1CC(=O)O. The van der Waals surface area contributed by atoms with Crippen molar-refractivity contribution in [1.29, 1.82) is 0 Å². The maximum absolute atomic E-state index is 12.9. The van der Waals surface area contributed by atoms with Crippen LogP contribution in [0.4, 0.5) is 4.39 Å². The molecule has 19 heavy (non-hydrogen) atoms. The first-order chi connectivity index (χ1) is 9.11. The molecule has 0 spiro atoms. The number of hydrogen-bond acceptors (Lipinski definition) is 4. The quantitative estimate of drug-likeness (QED) is 0.897. The van der Waals surface area contributed by atoms with Crippen LogP contribution < -0.4 is 0 Å². The van der Waals surface area contributed by atoms with E-state index in [0.29, 0.717) is 22.6 Å². The largest absolute Gasteiger partial charge is 0.481 e. The van der Waals surface area contributed by atoms with Gasteiger partial charge in [-0.2, -0.15) is 0 Å². The average molecular weight is 265 g/mol. The molecule has 0 atom stereocenters. The number of nitrogens with zero attached hydrogens (tertiary/aromatic N) is 1. The van der Waals surface area contributed by atoms with Gasteiger partial charge in [0.1, 0.15) is 18.1 Å². The second-order valence-electron chi connectivity index (χ2n) is 3.94. The Morgan fingerprint density at radius 2 is 2.11 bits per heavy atom. The van der Waals surface area contributed by atoms with Gasteiger partial charge in [0.15, 0.2) is 5.76 Å². The number of carboxylic acid groups (broad SMARTS) is 1. The summed E-state index contributed by atoms with van der Waals surface area (Å²) in [6.07, 6.45) is -0.227. The maximum atomic E-state index is 12.9. The van der Waals surface area contributed by atoms with Crippen LogP contribution in [-0.4, -0.2) is 23.3 Å². The highest BCUT2D eigenvalue weighted by molar-refractivity contribution is 5.75. The van der Waals surface area contributed by atoms with Crippen molar-refractivity contribution >= 4 is 5.97 Å². The van der Waals surface area contributed by atoms with Gasteiger partial charge in [0.05, 0.1) is 6.42 Å². The molecule has 1 aromatic carbocycles. The fourth-order valence-corrected chi connectivity index (χ4v) is 1.76. The third-order valence-electron chi connectivity index (χ3n) is 2.59. The lowest BCUT2D eigenvalue weighted by Gasteiger charge is -2.01. The zero-order chi connectivity index (χ0) is 13.8. The average Bonchev–Trinajstić information content (AvgIpc) is 2.73. The first-order valence-corrected chi connectivity index (χ1v) is 5.56. The molecule has 1 heterocycles. The zero-order valence-corrected chi connectivity index (χ0v) is 10.2. The van der Waals surface area contributed by atoms with E-state index in [1.807, 2.05) is 0 Å². The third-order valence-corrected chi connectivity index (χ3v) is 2.59. The number of methoxy groups -OCH3 is 1. The van der Waals surface area contributed by atoms with Crippen LogP contribution >= 0.6 is 0 Å². The molecular weight excluding hydrogens is 253 g/mol. The van der Waals surface area contributed by atoms with Crippen LogP contribution in [0.5, 0.6) is 0 Å². The standard InChI is InChI=1S/C13H12FNO4/c1-18-7-11-10(6-12(16)17)13(15-19-11)8-2-4-9(14)5-3-8/h2-5H,6-7H2,1H3,(H,16,17). The minimum atomic E-state index is -0.996. The van der Waals surface area contributed by atoms with Gasteiger partial charge < -0.3 is 14.4 Å². The number of carboxylic acids is 1. The van der Waals surface area contributed by atoms with Crippen molar-refractivity contribution in [3.05, 3.63) is 41.4 Å². The molecule has 0 aliphatic carbocycles. The molecule has 2 rings (SSSR count). The maximum Gasteiger partial charge on any atom is 0.308 e. The first-order valence-electron chi connectivity index (χ1n) is 5.56. The van der Waals surface area contributed by atoms with E-state index >= 15 is 0 Å². The predicted octanol–water partition coefficient (Wildman–Crippen LogP) is 2.25. The summed E-state index contributed by atoms with van der Waals surface area (Å²) in [6, 6.07) is 5.61. The summed E-state index contributed by atoms with van der Waals surface area (Å²) in [7, 11) is 1.48. The molecule has 0 amide bonds. The molecule has 0 saturated heterocycles. The van der Waals surface area contributed by atoms with Crippen molar-refractivity contribution in [2.24, 2.45) is 0 Å². The van der Waals surface area contributed by atoms with Gasteiger partial charge in [-0.05, 0) is 24.3 Å². The van der Waals surface area contributed by atoms with Gasteiger partial charge in [-0.1, -0.05) is 5.16 Å². The normalized spacial score (nSPS) is 10.6. The van der Waals surface area contributed by atoms with Crippen molar-refractivity contribution in [3.63, 3.8) is 0 Å². The molecule has 0 bridgehead atoms. The van der Waals surface area contributed by atoms with Crippen molar-refractivity contribution in [2.75, 3.05) is 7.11 Å². The first kappa shape index (κ1) is 13.2. The highest BCUT2D eigenvalue weighted by Crippen LogP contribution is 2.26. The van der Waals surface area contributed by atoms with Crippen LogP contribution in [0.2, 0.25) is 0 Å². The third kappa shape index (κ3) is 2.97. The van der Waals surface area contributed by atoms with Gasteiger partial charge in [0, 0.05) is 18.2 Å². The van der Waals surface area contributed by atoms with Gasteiger partial charge in [-0.3, -0.25) is 4.79 Å². The molecule has 0 unspecified atom stereocenters. The molecule has 0 radical (unpaired) electrons. The van der Waals surface area contributed by atoms with Crippen molar-refractivity contribution in [2.45, 2.75) is 13.0 Å². The lowest BCUT2D eigenvalue weighted by atomic mass is 10.0. The highest BCUT2D eigenvalue weighted by atomic mass is 19.1. The summed E-state index contributed by atoms with van der Waals surface area (Å²) in [5.74, 6) is -1.00. The predicted molar refractivity (Wildman–Crippen MR) is 63.9 cm³/mol. The second kappa shape index (κ2) is 5.62. The molecule has 2 aromatic rings. The number of ether oxygens (including phenoxy) is 1. The second-order valence-corrected chi connectivity index (χ2v) is 3.94. The number of benzene rings is 1. The molecule has 0 aliphatic heterocycles. The lowest BCUT2D eigenvalue weighted by Crippen LogP contribution is -2.03. The van der Waals surface area contributed by atoms with Gasteiger partial charge in [0.25, 0.3) is 0 Å². The molecule has 5 nitrogen and oxygen atoms in total. The Morgan fingerprint density at radius 1 is 1.42 bits per heavy atom. The molecule has 100 valence electrons. The Kier molecular flexibility index (Phi) is 3.91. The van der Waals surface area contributed by atoms with Crippen LogP contribution in [0.25, 0.3) is 11.3 Å². The van der Waals surface area contributed by atoms with E-state index in [1.165, 1.54) is 31.4 Å². The zero-order valence-electron chi connectivity index (χ0n) is 10.2. The summed E-state index contributed by atoms with van der Waals surface area (Å²) in [5, 5.41) is 12.8. The van der Waals surface area contributed by atoms with Crippen LogP contribution in [-0.2, 0) is 22.6 Å². The Morgan fingerprint density at radius 3 is 2.68 bits per heavy atom. The fraction of sp³-hybridized carbons (Fsp3) is 0.231. The summed E-state index contributed by atoms with van der Waals surface area (Å²) in [6.45, 7) is 0.136. The Labute approximate surface area is 108 Å². The van der Waals surface area contributed by atoms with E-state index in [4.69, 9.17) is 14.4 Å². The highest BCUT2D eigenvalue weighted by Gasteiger charge is 2.19. The summed E-state index contributed by atoms with van der Waals surface area (Å²) in [4.78, 5) is 10.9. The van der Waals surface area contributed by atoms with Crippen LogP contribution in [0.3, 0.4) is 0 Å². The van der Waals surface area contributed by atoms with Crippen LogP contribution in [0.1, 0.15) is 11.3 Å². The molecule has 0 aliphatic rings. The Hall–Kier alpha value is -2.21. The molecular formula is C13H12FNO4. The van der Waals surface area contributed by atoms with Crippen molar-refractivity contribution in [3.8, 4) is 11.3 Å². The van der Waals surface area contributed by atoms with Crippen molar-refractivity contribution in [1.82, 2.24) is 5.16 Å². The molecule has 1 aromatic heterocycles. The molecule has 1 N–H and O–H groups in total. The number of hydrogen-bond donors (Lipinski definition) is 1. The summed E-state index contributed by atoms with van der Waals surface area (Å²) in [5.41, 5.74) is 1.44. The molecule has 6 heteroatoms. The van der Waals surface area contributed by atoms with Gasteiger partial charge in [-0.25, -0.2) is 4.39 Å². The lowest BCUT2D eigenvalue weighted by molar-refractivity contribution is -0.136. The van der Waals surface area contributed by atoms with Gasteiger partial charge in [-0.15, -0.1) is 0 Å². The van der Waals surface area contributed by atoms with Crippen LogP contribution in [0, 0.1) is 5.82 Å². The number of rotatable bonds is 5. The van der Waals surface area contributed by atoms with E-state index in [2.05, 4.69) is 5.16 Å². The smallest absolute Gasteiger partial charge is 0.308 e. The molecule has 0 saturated carbocycles. The monoisotopic (exact) mass is 265 g/mol. The fourth-order valence-electron chi connectivity index (χ4n) is 1.76. The minimum absolute atomic E-state index is 0.136. The van der Waals surface area contributed by atoms with Crippen LogP contribution in [0.15, 0.2) is 28.8 Å². The van der Waals surface area contributed by atoms with E-state index in [9.17, 15) is 9.18 Å². The Bertz CT molecular complexity index is 577. The van der Waals surface area contributed by atoms with E-state index in [-0.39, 0.29) is 18.8 Å². The minimum Gasteiger partial charge on any atom is -0.481 e.